The van der Waals surface area contributed by atoms with E-state index in [1.807, 2.05) is 0 Å². The van der Waals surface area contributed by atoms with Crippen molar-refractivity contribution in [3.63, 3.8) is 0 Å². The topological polar surface area (TPSA) is 38.7 Å². The van der Waals surface area contributed by atoms with Gasteiger partial charge in [0.15, 0.2) is 0 Å². The molecule has 0 saturated heterocycles. The van der Waals surface area contributed by atoms with Crippen LogP contribution in [0.25, 0.3) is 0 Å². The molecule has 0 spiro atoms. The van der Waals surface area contributed by atoms with E-state index < -0.39 is 0 Å². The number of ether oxygens (including phenoxy) is 2. The molecule has 1 unspecified atom stereocenters. The van der Waals surface area contributed by atoms with Crippen molar-refractivity contribution in [2.45, 2.75) is 46.0 Å². The average molecular weight is 232 g/mol. The van der Waals surface area contributed by atoms with Crippen molar-refractivity contribution in [1.82, 2.24) is 0 Å². The Bertz CT molecular complexity index is 128. The van der Waals surface area contributed by atoms with Gasteiger partial charge in [-0.25, -0.2) is 0 Å². The quantitative estimate of drug-likeness (QED) is 0.526. The van der Waals surface area contributed by atoms with Gasteiger partial charge in [-0.05, 0) is 12.3 Å². The standard InChI is InChI=1S/C13H28O3/c1-3-4-5-6-13(2)7-9-15-11-12-16-10-8-14/h13-14H,3-12H2,1-2H3. The molecule has 0 heterocycles. The highest BCUT2D eigenvalue weighted by atomic mass is 16.5. The smallest absolute Gasteiger partial charge is 0.0701 e. The lowest BCUT2D eigenvalue weighted by Crippen LogP contribution is -2.09. The van der Waals surface area contributed by atoms with Crippen LogP contribution in [0.15, 0.2) is 0 Å². The van der Waals surface area contributed by atoms with Gasteiger partial charge in [-0.15, -0.1) is 0 Å². The molecule has 98 valence electrons. The van der Waals surface area contributed by atoms with Gasteiger partial charge in [0.1, 0.15) is 0 Å². The molecular weight excluding hydrogens is 204 g/mol. The summed E-state index contributed by atoms with van der Waals surface area (Å²) in [6, 6.07) is 0. The predicted molar refractivity (Wildman–Crippen MR) is 66.6 cm³/mol. The van der Waals surface area contributed by atoms with E-state index in [-0.39, 0.29) is 6.61 Å². The first-order chi connectivity index (χ1) is 7.81. The molecule has 16 heavy (non-hydrogen) atoms. The number of unbranched alkanes of at least 4 members (excludes halogenated alkanes) is 2. The van der Waals surface area contributed by atoms with Crippen LogP contribution in [0, 0.1) is 5.92 Å². The van der Waals surface area contributed by atoms with Gasteiger partial charge in [0.2, 0.25) is 0 Å². The summed E-state index contributed by atoms with van der Waals surface area (Å²) in [5, 5.41) is 8.48. The van der Waals surface area contributed by atoms with Crippen LogP contribution in [-0.4, -0.2) is 38.1 Å². The van der Waals surface area contributed by atoms with Crippen LogP contribution in [0.5, 0.6) is 0 Å². The molecular formula is C13H28O3. The van der Waals surface area contributed by atoms with Crippen molar-refractivity contribution >= 4 is 0 Å². The maximum Gasteiger partial charge on any atom is 0.0701 e. The minimum absolute atomic E-state index is 0.0917. The summed E-state index contributed by atoms with van der Waals surface area (Å²) in [7, 11) is 0. The van der Waals surface area contributed by atoms with E-state index in [0.29, 0.717) is 19.8 Å². The van der Waals surface area contributed by atoms with Crippen molar-refractivity contribution in [2.75, 3.05) is 33.0 Å². The number of rotatable bonds is 12. The van der Waals surface area contributed by atoms with Gasteiger partial charge in [-0.3, -0.25) is 0 Å². The molecule has 0 radical (unpaired) electrons. The van der Waals surface area contributed by atoms with Gasteiger partial charge in [0, 0.05) is 6.61 Å². The van der Waals surface area contributed by atoms with E-state index >= 15 is 0 Å². The molecule has 0 fully saturated rings. The average Bonchev–Trinajstić information content (AvgIpc) is 2.28. The van der Waals surface area contributed by atoms with Gasteiger partial charge in [0.05, 0.1) is 26.4 Å². The van der Waals surface area contributed by atoms with Crippen molar-refractivity contribution in [3.05, 3.63) is 0 Å². The zero-order valence-corrected chi connectivity index (χ0v) is 10.9. The van der Waals surface area contributed by atoms with E-state index in [9.17, 15) is 0 Å². The van der Waals surface area contributed by atoms with Gasteiger partial charge in [-0.1, -0.05) is 39.5 Å². The number of hydrogen-bond acceptors (Lipinski definition) is 3. The fourth-order valence-electron chi connectivity index (χ4n) is 1.56. The SMILES string of the molecule is CCCCCC(C)CCOCCOCCO. The molecule has 0 aromatic rings. The summed E-state index contributed by atoms with van der Waals surface area (Å²) < 4.78 is 10.5. The molecule has 3 nitrogen and oxygen atoms in total. The van der Waals surface area contributed by atoms with Crippen molar-refractivity contribution in [3.8, 4) is 0 Å². The highest BCUT2D eigenvalue weighted by molar-refractivity contribution is 4.53. The molecule has 0 aliphatic rings. The monoisotopic (exact) mass is 232 g/mol. The Balaban J connectivity index is 3.06. The third-order valence-electron chi connectivity index (χ3n) is 2.66. The largest absolute Gasteiger partial charge is 0.394 e. The molecule has 0 rings (SSSR count). The Hall–Kier alpha value is -0.120. The van der Waals surface area contributed by atoms with E-state index in [2.05, 4.69) is 13.8 Å². The van der Waals surface area contributed by atoms with Crippen LogP contribution >= 0.6 is 0 Å². The zero-order valence-electron chi connectivity index (χ0n) is 10.9. The normalized spacial score (nSPS) is 12.9. The summed E-state index contributed by atoms with van der Waals surface area (Å²) in [5.41, 5.74) is 0. The van der Waals surface area contributed by atoms with Crippen LogP contribution in [0.1, 0.15) is 46.0 Å². The van der Waals surface area contributed by atoms with Gasteiger partial charge >= 0.3 is 0 Å². The number of hydrogen-bond donors (Lipinski definition) is 1. The second-order valence-corrected chi connectivity index (χ2v) is 4.34. The Morgan fingerprint density at radius 2 is 1.62 bits per heavy atom. The summed E-state index contributed by atoms with van der Waals surface area (Å²) in [6.45, 7) is 7.09. The van der Waals surface area contributed by atoms with Crippen LogP contribution in [0.3, 0.4) is 0 Å². The van der Waals surface area contributed by atoms with Gasteiger partial charge < -0.3 is 14.6 Å². The lowest BCUT2D eigenvalue weighted by Gasteiger charge is -2.11. The Labute approximate surface area is 100 Å². The molecule has 0 saturated carbocycles. The molecule has 0 bridgehead atoms. The van der Waals surface area contributed by atoms with E-state index in [4.69, 9.17) is 14.6 Å². The predicted octanol–water partition coefficient (Wildman–Crippen LogP) is 2.62. The van der Waals surface area contributed by atoms with Crippen LogP contribution in [0.4, 0.5) is 0 Å². The molecule has 0 aromatic carbocycles. The third-order valence-corrected chi connectivity index (χ3v) is 2.66. The van der Waals surface area contributed by atoms with Crippen LogP contribution in [-0.2, 0) is 9.47 Å². The molecule has 0 amide bonds. The first kappa shape index (κ1) is 15.9. The Kier molecular flexibility index (Phi) is 12.9. The minimum Gasteiger partial charge on any atom is -0.394 e. The van der Waals surface area contributed by atoms with Crippen LogP contribution < -0.4 is 0 Å². The molecule has 0 aliphatic carbocycles. The fraction of sp³-hybridized carbons (Fsp3) is 1.00. The second-order valence-electron chi connectivity index (χ2n) is 4.34. The first-order valence-electron chi connectivity index (χ1n) is 6.57. The van der Waals surface area contributed by atoms with Crippen molar-refractivity contribution in [2.24, 2.45) is 5.92 Å². The van der Waals surface area contributed by atoms with E-state index in [1.165, 1.54) is 25.7 Å². The molecule has 1 N–H and O–H groups in total. The molecule has 0 aliphatic heterocycles. The van der Waals surface area contributed by atoms with Crippen molar-refractivity contribution < 1.29 is 14.6 Å². The third kappa shape index (κ3) is 12.0. The van der Waals surface area contributed by atoms with Gasteiger partial charge in [-0.2, -0.15) is 0 Å². The summed E-state index contributed by atoms with van der Waals surface area (Å²) in [6.07, 6.45) is 6.45. The highest BCUT2D eigenvalue weighted by Crippen LogP contribution is 2.12. The maximum atomic E-state index is 8.48. The lowest BCUT2D eigenvalue weighted by molar-refractivity contribution is 0.0297. The highest BCUT2D eigenvalue weighted by Gasteiger charge is 2.01. The lowest BCUT2D eigenvalue weighted by atomic mass is 10.0. The Morgan fingerprint density at radius 1 is 0.938 bits per heavy atom. The van der Waals surface area contributed by atoms with E-state index in [1.54, 1.807) is 0 Å². The Morgan fingerprint density at radius 3 is 2.25 bits per heavy atom. The fourth-order valence-corrected chi connectivity index (χ4v) is 1.56. The second kappa shape index (κ2) is 12.9. The zero-order chi connectivity index (χ0) is 12.1. The summed E-state index contributed by atoms with van der Waals surface area (Å²) in [5.74, 6) is 0.768. The van der Waals surface area contributed by atoms with Gasteiger partial charge in [0.25, 0.3) is 0 Å². The van der Waals surface area contributed by atoms with Crippen molar-refractivity contribution in [1.29, 1.82) is 0 Å². The first-order valence-corrected chi connectivity index (χ1v) is 6.57. The summed E-state index contributed by atoms with van der Waals surface area (Å²) in [4.78, 5) is 0. The number of aliphatic hydroxyl groups excluding tert-OH is 1. The number of aliphatic hydroxyl groups is 1. The summed E-state index contributed by atoms with van der Waals surface area (Å²) >= 11 is 0. The molecule has 3 heteroatoms. The molecule has 1 atom stereocenters. The van der Waals surface area contributed by atoms with Crippen LogP contribution in [0.2, 0.25) is 0 Å². The maximum absolute atomic E-state index is 8.48. The molecule has 0 aromatic heterocycles. The minimum atomic E-state index is 0.0917. The van der Waals surface area contributed by atoms with E-state index in [0.717, 1.165) is 18.9 Å².